The van der Waals surface area contributed by atoms with Gasteiger partial charge in [-0.05, 0) is 24.3 Å². The summed E-state index contributed by atoms with van der Waals surface area (Å²) < 4.78 is 61.9. The number of carbonyl (C=O) groups excluding carboxylic acids is 1. The Balaban J connectivity index is 1.75. The molecule has 32 heavy (non-hydrogen) atoms. The predicted octanol–water partition coefficient (Wildman–Crippen LogP) is 2.85. The quantitative estimate of drug-likeness (QED) is 0.444. The summed E-state index contributed by atoms with van der Waals surface area (Å²) in [4.78, 5) is 24.9. The van der Waals surface area contributed by atoms with Gasteiger partial charge in [-0.25, -0.2) is 13.1 Å². The lowest BCUT2D eigenvalue weighted by molar-refractivity contribution is -0.385. The molecule has 1 aromatic heterocycles. The number of thiophene rings is 1. The van der Waals surface area contributed by atoms with Gasteiger partial charge >= 0.3 is 6.61 Å². The smallest absolute Gasteiger partial charge is 0.387 e. The van der Waals surface area contributed by atoms with Crippen LogP contribution in [0, 0.1) is 10.1 Å². The second kappa shape index (κ2) is 9.75. The van der Waals surface area contributed by atoms with Gasteiger partial charge in [-0.2, -0.15) is 8.78 Å². The Bertz CT molecular complexity index is 1090. The van der Waals surface area contributed by atoms with Crippen LogP contribution < -0.4 is 14.2 Å². The van der Waals surface area contributed by atoms with Crippen LogP contribution in [0.25, 0.3) is 0 Å². The van der Waals surface area contributed by atoms with Crippen molar-refractivity contribution < 1.29 is 36.4 Å². The number of benzene rings is 1. The van der Waals surface area contributed by atoms with Gasteiger partial charge < -0.3 is 14.4 Å². The van der Waals surface area contributed by atoms with Crippen LogP contribution in [0.15, 0.2) is 33.9 Å². The second-order valence-electron chi connectivity index (χ2n) is 6.78. The van der Waals surface area contributed by atoms with Crippen molar-refractivity contribution in [2.24, 2.45) is 0 Å². The number of rotatable bonds is 8. The fourth-order valence-corrected chi connectivity index (χ4v) is 5.60. The van der Waals surface area contributed by atoms with Crippen molar-refractivity contribution in [1.82, 2.24) is 9.62 Å². The topological polar surface area (TPSA) is 128 Å². The molecule has 14 heteroatoms. The first-order valence-electron chi connectivity index (χ1n) is 9.28. The third-order valence-corrected chi connectivity index (χ3v) is 7.71. The molecule has 1 aromatic carbocycles. The number of hydrogen-bond donors (Lipinski definition) is 1. The van der Waals surface area contributed by atoms with E-state index in [0.717, 1.165) is 30.6 Å². The van der Waals surface area contributed by atoms with Gasteiger partial charge in [0.25, 0.3) is 11.6 Å². The third kappa shape index (κ3) is 5.31. The molecule has 0 spiro atoms. The molecular weight excluding hydrogens is 472 g/mol. The van der Waals surface area contributed by atoms with Crippen LogP contribution in [0.4, 0.5) is 14.5 Å². The molecule has 0 bridgehead atoms. The molecule has 1 amide bonds. The maximum atomic E-state index is 12.9. The summed E-state index contributed by atoms with van der Waals surface area (Å²) in [6, 6.07) is 4.42. The minimum absolute atomic E-state index is 0.144. The number of hydrogen-bond acceptors (Lipinski definition) is 8. The summed E-state index contributed by atoms with van der Waals surface area (Å²) >= 11 is 1.09. The molecule has 0 unspecified atom stereocenters. The molecule has 3 rings (SSSR count). The monoisotopic (exact) mass is 491 g/mol. The maximum Gasteiger partial charge on any atom is 0.387 e. The van der Waals surface area contributed by atoms with Crippen molar-refractivity contribution >= 4 is 33.0 Å². The highest BCUT2D eigenvalue weighted by Gasteiger charge is 2.32. The molecule has 0 atom stereocenters. The van der Waals surface area contributed by atoms with E-state index in [1.807, 2.05) is 0 Å². The molecule has 10 nitrogen and oxygen atoms in total. The van der Waals surface area contributed by atoms with Crippen molar-refractivity contribution in [3.63, 3.8) is 0 Å². The Labute approximate surface area is 185 Å². The highest BCUT2D eigenvalue weighted by atomic mass is 32.2. The van der Waals surface area contributed by atoms with E-state index in [4.69, 9.17) is 4.74 Å². The Hall–Kier alpha value is -2.84. The number of amides is 1. The first-order valence-corrected chi connectivity index (χ1v) is 11.6. The minimum Gasteiger partial charge on any atom is -0.493 e. The summed E-state index contributed by atoms with van der Waals surface area (Å²) in [6.45, 7) is -2.95. The number of nitrogens with one attached hydrogen (secondary N) is 1. The molecule has 2 aromatic rings. The summed E-state index contributed by atoms with van der Waals surface area (Å²) in [5.74, 6) is -1.51. The van der Waals surface area contributed by atoms with Gasteiger partial charge in [0.2, 0.25) is 10.0 Å². The summed E-state index contributed by atoms with van der Waals surface area (Å²) in [7, 11) is -2.51. The van der Waals surface area contributed by atoms with Gasteiger partial charge in [-0.1, -0.05) is 6.07 Å². The zero-order valence-electron chi connectivity index (χ0n) is 16.7. The molecule has 1 aliphatic rings. The number of nitrogens with zero attached hydrogens (tertiary/aromatic N) is 2. The van der Waals surface area contributed by atoms with Crippen molar-refractivity contribution in [1.29, 1.82) is 0 Å². The summed E-state index contributed by atoms with van der Waals surface area (Å²) in [5.41, 5.74) is -1.04. The van der Waals surface area contributed by atoms with Crippen LogP contribution in [-0.2, 0) is 10.0 Å². The molecule has 1 saturated heterocycles. The number of ether oxygens (including phenoxy) is 2. The average Bonchev–Trinajstić information content (AvgIpc) is 3.29. The van der Waals surface area contributed by atoms with Crippen LogP contribution in [0.5, 0.6) is 11.5 Å². The van der Waals surface area contributed by atoms with Crippen LogP contribution >= 0.6 is 11.3 Å². The number of carbonyl (C=O) groups is 1. The molecular formula is C18H19F2N3O7S2. The molecule has 0 aliphatic carbocycles. The van der Waals surface area contributed by atoms with Crippen molar-refractivity contribution in [2.45, 2.75) is 29.7 Å². The van der Waals surface area contributed by atoms with E-state index in [1.54, 1.807) is 11.4 Å². The normalized spacial score (nSPS) is 15.1. The van der Waals surface area contributed by atoms with Crippen molar-refractivity contribution in [2.75, 3.05) is 20.2 Å². The maximum absolute atomic E-state index is 12.9. The van der Waals surface area contributed by atoms with Crippen molar-refractivity contribution in [3.05, 3.63) is 45.3 Å². The van der Waals surface area contributed by atoms with Crippen LogP contribution in [-0.4, -0.2) is 57.0 Å². The first kappa shape index (κ1) is 23.8. The van der Waals surface area contributed by atoms with Crippen LogP contribution in [0.1, 0.15) is 23.2 Å². The van der Waals surface area contributed by atoms with E-state index < -0.39 is 44.9 Å². The molecule has 1 fully saturated rings. The molecule has 2 heterocycles. The first-order chi connectivity index (χ1) is 15.1. The third-order valence-electron chi connectivity index (χ3n) is 4.79. The van der Waals surface area contributed by atoms with E-state index in [1.165, 1.54) is 11.0 Å². The number of likely N-dealkylation sites (tertiary alicyclic amines) is 1. The lowest BCUT2D eigenvalue weighted by atomic mass is 10.0. The van der Waals surface area contributed by atoms with E-state index in [-0.39, 0.29) is 28.6 Å². The van der Waals surface area contributed by atoms with Crippen molar-refractivity contribution in [3.8, 4) is 11.5 Å². The highest BCUT2D eigenvalue weighted by molar-refractivity contribution is 7.91. The van der Waals surface area contributed by atoms with E-state index in [2.05, 4.69) is 9.46 Å². The number of halogens is 2. The number of methoxy groups -OCH3 is 1. The van der Waals surface area contributed by atoms with Gasteiger partial charge in [-0.15, -0.1) is 11.3 Å². The Kier molecular flexibility index (Phi) is 7.26. The van der Waals surface area contributed by atoms with E-state index in [0.29, 0.717) is 12.8 Å². The lowest BCUT2D eigenvalue weighted by Gasteiger charge is -2.32. The number of nitro benzene ring substituents is 1. The lowest BCUT2D eigenvalue weighted by Crippen LogP contribution is -2.46. The average molecular weight is 491 g/mol. The molecule has 1 N–H and O–H groups in total. The minimum atomic E-state index is -3.66. The van der Waals surface area contributed by atoms with Gasteiger partial charge in [0.15, 0.2) is 11.5 Å². The van der Waals surface area contributed by atoms with Crippen LogP contribution in [0.2, 0.25) is 0 Å². The summed E-state index contributed by atoms with van der Waals surface area (Å²) in [5, 5.41) is 13.1. The zero-order valence-corrected chi connectivity index (χ0v) is 18.3. The largest absolute Gasteiger partial charge is 0.493 e. The van der Waals surface area contributed by atoms with Gasteiger partial charge in [0, 0.05) is 25.2 Å². The SMILES string of the molecule is COc1cc(C(=O)N2CCC(NS(=O)(=O)c3cccs3)CC2)c([N+](=O)[O-])cc1OC(F)F. The number of sulfonamides is 1. The van der Waals surface area contributed by atoms with Gasteiger partial charge in [0.1, 0.15) is 9.77 Å². The fraction of sp³-hybridized carbons (Fsp3) is 0.389. The Morgan fingerprint density at radius 3 is 2.53 bits per heavy atom. The number of nitro groups is 1. The number of piperidine rings is 1. The van der Waals surface area contributed by atoms with E-state index in [9.17, 15) is 32.1 Å². The van der Waals surface area contributed by atoms with Gasteiger partial charge in [0.05, 0.1) is 18.1 Å². The highest BCUT2D eigenvalue weighted by Crippen LogP contribution is 2.36. The molecule has 0 saturated carbocycles. The Morgan fingerprint density at radius 2 is 2.00 bits per heavy atom. The van der Waals surface area contributed by atoms with E-state index >= 15 is 0 Å². The standard InChI is InChI=1S/C18H19F2N3O7S2/c1-29-14-9-12(13(23(25)26)10-15(14)30-18(19)20)17(24)22-6-4-11(5-7-22)21-32(27,28)16-3-2-8-31-16/h2-3,8-11,18,21H,4-7H2,1H3. The zero-order chi connectivity index (χ0) is 23.5. The fourth-order valence-electron chi connectivity index (χ4n) is 3.28. The second-order valence-corrected chi connectivity index (χ2v) is 9.66. The Morgan fingerprint density at radius 1 is 1.31 bits per heavy atom. The number of alkyl halides is 2. The molecule has 1 aliphatic heterocycles. The van der Waals surface area contributed by atoms with Gasteiger partial charge in [-0.3, -0.25) is 14.9 Å². The summed E-state index contributed by atoms with van der Waals surface area (Å²) in [6.07, 6.45) is 0.599. The predicted molar refractivity (Wildman–Crippen MR) is 110 cm³/mol. The van der Waals surface area contributed by atoms with Crippen LogP contribution in [0.3, 0.4) is 0 Å². The molecule has 174 valence electrons. The molecule has 0 radical (unpaired) electrons.